The van der Waals surface area contributed by atoms with Crippen molar-refractivity contribution in [3.05, 3.63) is 95.1 Å². The maximum atomic E-state index is 13.5. The Balaban J connectivity index is 0.00000337. The molecule has 0 aliphatic carbocycles. The van der Waals surface area contributed by atoms with Crippen LogP contribution in [0.5, 0.6) is 0 Å². The highest BCUT2D eigenvalue weighted by atomic mass is 35.5. The Morgan fingerprint density at radius 1 is 0.909 bits per heavy atom. The Bertz CT molecular complexity index is 1310. The number of hydrogen-bond donors (Lipinski definition) is 1. The molecule has 1 atom stereocenters. The van der Waals surface area contributed by atoms with Crippen LogP contribution >= 0.6 is 24.8 Å². The molecule has 1 fully saturated rings. The third-order valence-electron chi connectivity index (χ3n) is 8.13. The molecule has 10 heteroatoms. The number of nitrogens with one attached hydrogen (secondary N) is 1. The topological polar surface area (TPSA) is 55.9 Å². The van der Waals surface area contributed by atoms with Crippen molar-refractivity contribution in [1.29, 1.82) is 0 Å². The van der Waals surface area contributed by atoms with Gasteiger partial charge in [0.15, 0.2) is 5.78 Å². The molecule has 1 aliphatic heterocycles. The van der Waals surface area contributed by atoms with Crippen molar-refractivity contribution < 1.29 is 18.4 Å². The highest BCUT2D eigenvalue weighted by Gasteiger charge is 2.25. The van der Waals surface area contributed by atoms with Gasteiger partial charge in [-0.2, -0.15) is 0 Å². The first-order valence-electron chi connectivity index (χ1n) is 14.7. The third-order valence-corrected chi connectivity index (χ3v) is 8.13. The molecule has 240 valence electrons. The maximum Gasteiger partial charge on any atom is 0.238 e. The van der Waals surface area contributed by atoms with Crippen LogP contribution in [0.1, 0.15) is 60.5 Å². The number of piperazine rings is 1. The molecule has 0 bridgehead atoms. The number of carbonyl (C=O) groups excluding carboxylic acids is 2. The van der Waals surface area contributed by atoms with Crippen LogP contribution in [-0.2, 0) is 4.79 Å². The summed E-state index contributed by atoms with van der Waals surface area (Å²) in [5.41, 5.74) is 4.03. The summed E-state index contributed by atoms with van der Waals surface area (Å²) in [5, 5.41) is 2.95. The average molecular weight is 650 g/mol. The largest absolute Gasteiger partial charge is 0.378 e. The van der Waals surface area contributed by atoms with Crippen molar-refractivity contribution in [2.24, 2.45) is 0 Å². The van der Waals surface area contributed by atoms with Crippen LogP contribution in [0.15, 0.2) is 66.7 Å². The number of ketones is 1. The molecule has 1 amide bonds. The molecule has 4 rings (SSSR count). The summed E-state index contributed by atoms with van der Waals surface area (Å²) in [7, 11) is 3.83. The van der Waals surface area contributed by atoms with Gasteiger partial charge in [0.1, 0.15) is 11.6 Å². The lowest BCUT2D eigenvalue weighted by molar-refractivity contribution is -0.118. The van der Waals surface area contributed by atoms with Gasteiger partial charge in [0.25, 0.3) is 0 Å². The second-order valence-electron chi connectivity index (χ2n) is 11.5. The van der Waals surface area contributed by atoms with Crippen molar-refractivity contribution in [3.8, 4) is 0 Å². The number of Topliss-reactive ketones (excluding diaryl/α,β-unsaturated/α-hetero) is 1. The SMILES string of the molecule is CC(=O)c1cc(N(C)C)ccc1NC(=O)CN1CCN(CCCCC(c2ccc(F)cc2)c2ccc(F)cc2)CC1C.Cl.Cl. The zero-order valence-corrected chi connectivity index (χ0v) is 27.5. The molecule has 6 nitrogen and oxygen atoms in total. The summed E-state index contributed by atoms with van der Waals surface area (Å²) < 4.78 is 27.1. The van der Waals surface area contributed by atoms with E-state index in [1.807, 2.05) is 49.3 Å². The molecule has 3 aromatic carbocycles. The van der Waals surface area contributed by atoms with E-state index in [-0.39, 0.29) is 66.6 Å². The van der Waals surface area contributed by atoms with Crippen LogP contribution in [0.4, 0.5) is 20.2 Å². The summed E-state index contributed by atoms with van der Waals surface area (Å²) in [5.74, 6) is -0.646. The summed E-state index contributed by atoms with van der Waals surface area (Å²) in [4.78, 5) is 31.7. The number of halogens is 4. The van der Waals surface area contributed by atoms with Crippen molar-refractivity contribution in [1.82, 2.24) is 9.80 Å². The van der Waals surface area contributed by atoms with Crippen LogP contribution < -0.4 is 10.2 Å². The fraction of sp³-hybridized carbons (Fsp3) is 0.412. The quantitative estimate of drug-likeness (QED) is 0.169. The normalized spacial score (nSPS) is 15.3. The van der Waals surface area contributed by atoms with E-state index in [4.69, 9.17) is 0 Å². The van der Waals surface area contributed by atoms with E-state index in [1.165, 1.54) is 31.2 Å². The van der Waals surface area contributed by atoms with Gasteiger partial charge < -0.3 is 15.1 Å². The van der Waals surface area contributed by atoms with E-state index in [2.05, 4.69) is 22.0 Å². The van der Waals surface area contributed by atoms with Gasteiger partial charge in [-0.05, 0) is 86.8 Å². The Hall–Kier alpha value is -3.04. The molecule has 1 aliphatic rings. The van der Waals surface area contributed by atoms with Crippen LogP contribution in [-0.4, -0.2) is 74.4 Å². The summed E-state index contributed by atoms with van der Waals surface area (Å²) in [6, 6.07) is 18.9. The van der Waals surface area contributed by atoms with E-state index >= 15 is 0 Å². The predicted molar refractivity (Wildman–Crippen MR) is 180 cm³/mol. The molecular formula is C34H44Cl2F2N4O2. The van der Waals surface area contributed by atoms with Crippen LogP contribution in [0, 0.1) is 11.6 Å². The van der Waals surface area contributed by atoms with E-state index < -0.39 is 0 Å². The number of unbranched alkanes of at least 4 members (excludes halogenated alkanes) is 1. The number of carbonyl (C=O) groups is 2. The van der Waals surface area contributed by atoms with Crippen LogP contribution in [0.3, 0.4) is 0 Å². The lowest BCUT2D eigenvalue weighted by atomic mass is 9.87. The zero-order valence-electron chi connectivity index (χ0n) is 25.9. The van der Waals surface area contributed by atoms with E-state index in [0.717, 1.165) is 62.3 Å². The molecule has 3 aromatic rings. The molecule has 0 aromatic heterocycles. The number of rotatable bonds is 12. The second kappa shape index (κ2) is 17.4. The molecule has 1 unspecified atom stereocenters. The monoisotopic (exact) mass is 648 g/mol. The summed E-state index contributed by atoms with van der Waals surface area (Å²) >= 11 is 0. The van der Waals surface area contributed by atoms with Crippen molar-refractivity contribution >= 4 is 47.9 Å². The predicted octanol–water partition coefficient (Wildman–Crippen LogP) is 7.02. The van der Waals surface area contributed by atoms with Gasteiger partial charge in [0.2, 0.25) is 5.91 Å². The molecule has 0 spiro atoms. The summed E-state index contributed by atoms with van der Waals surface area (Å²) in [6.45, 7) is 7.45. The van der Waals surface area contributed by atoms with Gasteiger partial charge in [-0.25, -0.2) is 8.78 Å². The van der Waals surface area contributed by atoms with Crippen LogP contribution in [0.2, 0.25) is 0 Å². The first-order chi connectivity index (χ1) is 20.1. The van der Waals surface area contributed by atoms with Crippen LogP contribution in [0.25, 0.3) is 0 Å². The molecule has 1 saturated heterocycles. The highest BCUT2D eigenvalue weighted by molar-refractivity contribution is 6.04. The van der Waals surface area contributed by atoms with E-state index in [0.29, 0.717) is 11.3 Å². The standard InChI is InChI=1S/C34H42F2N4O2.2ClH/c1-24-22-39(18-6-5-7-31(26-8-12-28(35)13-9-26)27-10-14-29(36)15-11-27)19-20-40(24)23-34(42)37-33-17-16-30(38(3)4)21-32(33)25(2)41;;/h8-17,21,24,31H,5-7,18-20,22-23H2,1-4H3,(H,37,42);2*1H. The third kappa shape index (κ3) is 10.3. The smallest absolute Gasteiger partial charge is 0.238 e. The Kier molecular flexibility index (Phi) is 14.7. The number of amides is 1. The molecule has 1 heterocycles. The number of hydrogen-bond acceptors (Lipinski definition) is 5. The van der Waals surface area contributed by atoms with Gasteiger partial charge in [0.05, 0.1) is 12.2 Å². The molecule has 44 heavy (non-hydrogen) atoms. The molecule has 1 N–H and O–H groups in total. The number of benzene rings is 3. The minimum atomic E-state index is -0.262. The number of anilines is 2. The molecule has 0 saturated carbocycles. The van der Waals surface area contributed by atoms with E-state index in [1.54, 1.807) is 12.1 Å². The lowest BCUT2D eigenvalue weighted by Gasteiger charge is -2.39. The highest BCUT2D eigenvalue weighted by Crippen LogP contribution is 2.30. The second-order valence-corrected chi connectivity index (χ2v) is 11.5. The fourth-order valence-electron chi connectivity index (χ4n) is 5.69. The Morgan fingerprint density at radius 3 is 2.02 bits per heavy atom. The Morgan fingerprint density at radius 2 is 1.50 bits per heavy atom. The van der Waals surface area contributed by atoms with Gasteiger partial charge in [-0.15, -0.1) is 24.8 Å². The minimum absolute atomic E-state index is 0. The zero-order chi connectivity index (χ0) is 30.2. The van der Waals surface area contributed by atoms with E-state index in [9.17, 15) is 18.4 Å². The minimum Gasteiger partial charge on any atom is -0.378 e. The average Bonchev–Trinajstić information content (AvgIpc) is 2.95. The first kappa shape index (κ1) is 37.1. The van der Waals surface area contributed by atoms with Gasteiger partial charge in [-0.3, -0.25) is 14.5 Å². The van der Waals surface area contributed by atoms with Crippen molar-refractivity contribution in [3.63, 3.8) is 0 Å². The Labute approximate surface area is 272 Å². The molecular weight excluding hydrogens is 605 g/mol. The number of nitrogens with zero attached hydrogens (tertiary/aromatic N) is 3. The molecule has 0 radical (unpaired) electrons. The lowest BCUT2D eigenvalue weighted by Crippen LogP contribution is -2.53. The first-order valence-corrected chi connectivity index (χ1v) is 14.7. The maximum absolute atomic E-state index is 13.5. The fourth-order valence-corrected chi connectivity index (χ4v) is 5.69. The van der Waals surface area contributed by atoms with Gasteiger partial charge in [-0.1, -0.05) is 30.7 Å². The van der Waals surface area contributed by atoms with Gasteiger partial charge in [0, 0.05) is 56.9 Å². The van der Waals surface area contributed by atoms with Gasteiger partial charge >= 0.3 is 0 Å². The van der Waals surface area contributed by atoms with Crippen molar-refractivity contribution in [2.75, 3.05) is 57.0 Å². The van der Waals surface area contributed by atoms with Crippen molar-refractivity contribution in [2.45, 2.75) is 45.1 Å². The summed E-state index contributed by atoms with van der Waals surface area (Å²) in [6.07, 6.45) is 2.90.